The van der Waals surface area contributed by atoms with Crippen molar-refractivity contribution in [2.24, 2.45) is 5.73 Å². The maximum Gasteiger partial charge on any atom is 0.446 e. The van der Waals surface area contributed by atoms with Crippen LogP contribution >= 0.6 is 34.4 Å². The van der Waals surface area contributed by atoms with E-state index in [0.29, 0.717) is 38.4 Å². The van der Waals surface area contributed by atoms with E-state index in [-0.39, 0.29) is 42.0 Å². The minimum absolute atomic E-state index is 0.0229. The lowest BCUT2D eigenvalue weighted by Gasteiger charge is -2.06. The number of carbonyl (C=O) groups is 2. The molecular formula is C19H17F3N4O3S3. The number of rotatable bonds is 9. The molecule has 32 heavy (non-hydrogen) atoms. The lowest BCUT2D eigenvalue weighted by Crippen LogP contribution is -2.14. The first-order valence-corrected chi connectivity index (χ1v) is 11.6. The number of carbonyl (C=O) groups excluding carboxylic acids is 2. The van der Waals surface area contributed by atoms with E-state index in [9.17, 15) is 27.9 Å². The smallest absolute Gasteiger partial charge is 0.389 e. The highest BCUT2D eigenvalue weighted by Gasteiger charge is 2.29. The second-order valence-electron chi connectivity index (χ2n) is 6.46. The van der Waals surface area contributed by atoms with Crippen LogP contribution in [0, 0.1) is 0 Å². The fraction of sp³-hybridized carbons (Fsp3) is 0.263. The zero-order valence-corrected chi connectivity index (χ0v) is 18.8. The number of thiazole rings is 2. The summed E-state index contributed by atoms with van der Waals surface area (Å²) in [6.45, 7) is -0.248. The van der Waals surface area contributed by atoms with Crippen molar-refractivity contribution in [2.45, 2.75) is 36.3 Å². The SMILES string of the molecule is NC(=O)CCc1nc(CO)sc1-c1csc(NC(=O)Cc2ccc(SC(F)(F)F)cc2)n1. The maximum absolute atomic E-state index is 12.4. The molecule has 2 aromatic heterocycles. The molecule has 2 amide bonds. The molecule has 0 fully saturated rings. The van der Waals surface area contributed by atoms with E-state index in [0.717, 1.165) is 0 Å². The van der Waals surface area contributed by atoms with Gasteiger partial charge in [0.15, 0.2) is 5.13 Å². The Kier molecular flexibility index (Phi) is 7.87. The number of primary amides is 1. The second kappa shape index (κ2) is 10.4. The predicted molar refractivity (Wildman–Crippen MR) is 117 cm³/mol. The third-order valence-electron chi connectivity index (χ3n) is 3.99. The number of hydrogen-bond acceptors (Lipinski definition) is 8. The van der Waals surface area contributed by atoms with Crippen LogP contribution in [0.4, 0.5) is 18.3 Å². The van der Waals surface area contributed by atoms with Crippen molar-refractivity contribution in [1.82, 2.24) is 9.97 Å². The van der Waals surface area contributed by atoms with Crippen LogP contribution in [0.2, 0.25) is 0 Å². The molecule has 170 valence electrons. The molecule has 3 rings (SSSR count). The van der Waals surface area contributed by atoms with Crippen LogP contribution in [0.3, 0.4) is 0 Å². The van der Waals surface area contributed by atoms with Gasteiger partial charge in [0.25, 0.3) is 0 Å². The summed E-state index contributed by atoms with van der Waals surface area (Å²) in [6, 6.07) is 5.58. The van der Waals surface area contributed by atoms with Gasteiger partial charge in [0.2, 0.25) is 11.8 Å². The highest BCUT2D eigenvalue weighted by Crippen LogP contribution is 2.37. The highest BCUT2D eigenvalue weighted by molar-refractivity contribution is 8.00. The molecule has 0 saturated heterocycles. The molecule has 0 aliphatic carbocycles. The number of hydrogen-bond donors (Lipinski definition) is 3. The molecule has 0 unspecified atom stereocenters. The zero-order valence-electron chi connectivity index (χ0n) is 16.3. The Hall–Kier alpha value is -2.48. The predicted octanol–water partition coefficient (Wildman–Crippen LogP) is 3.97. The van der Waals surface area contributed by atoms with Crippen LogP contribution in [-0.2, 0) is 29.0 Å². The van der Waals surface area contributed by atoms with Crippen LogP contribution in [0.5, 0.6) is 0 Å². The summed E-state index contributed by atoms with van der Waals surface area (Å²) >= 11 is 2.22. The Balaban J connectivity index is 1.64. The first-order chi connectivity index (χ1) is 15.1. The van der Waals surface area contributed by atoms with Gasteiger partial charge in [-0.3, -0.25) is 9.59 Å². The fourth-order valence-electron chi connectivity index (χ4n) is 2.67. The average molecular weight is 503 g/mol. The van der Waals surface area contributed by atoms with Crippen molar-refractivity contribution in [3.8, 4) is 10.6 Å². The lowest BCUT2D eigenvalue weighted by molar-refractivity contribution is -0.118. The summed E-state index contributed by atoms with van der Waals surface area (Å²) in [7, 11) is 0. The normalized spacial score (nSPS) is 11.5. The van der Waals surface area contributed by atoms with Gasteiger partial charge in [-0.1, -0.05) is 12.1 Å². The van der Waals surface area contributed by atoms with Gasteiger partial charge in [0, 0.05) is 16.7 Å². The van der Waals surface area contributed by atoms with Gasteiger partial charge >= 0.3 is 5.51 Å². The number of anilines is 1. The van der Waals surface area contributed by atoms with Crippen LogP contribution in [0.1, 0.15) is 22.7 Å². The number of amides is 2. The number of alkyl halides is 3. The monoisotopic (exact) mass is 502 g/mol. The number of aromatic nitrogens is 2. The summed E-state index contributed by atoms with van der Waals surface area (Å²) < 4.78 is 37.2. The molecule has 3 aromatic rings. The number of nitrogens with two attached hydrogens (primary N) is 1. The molecule has 0 aliphatic rings. The van der Waals surface area contributed by atoms with E-state index in [1.807, 2.05) is 0 Å². The Morgan fingerprint density at radius 3 is 2.53 bits per heavy atom. The maximum atomic E-state index is 12.4. The van der Waals surface area contributed by atoms with Gasteiger partial charge in [-0.25, -0.2) is 9.97 Å². The summed E-state index contributed by atoms with van der Waals surface area (Å²) in [5.74, 6) is -0.831. The van der Waals surface area contributed by atoms with Crippen LogP contribution < -0.4 is 11.1 Å². The van der Waals surface area contributed by atoms with Gasteiger partial charge in [-0.15, -0.1) is 22.7 Å². The Morgan fingerprint density at radius 2 is 1.91 bits per heavy atom. The van der Waals surface area contributed by atoms with Gasteiger partial charge < -0.3 is 16.2 Å². The molecule has 1 aromatic carbocycles. The fourth-order valence-corrected chi connectivity index (χ4v) is 4.94. The standard InChI is InChI=1S/C19H17F3N4O3S3/c20-19(21,22)32-11-3-1-10(2-4-11)7-15(29)26-18-25-13(9-30-18)17-12(5-6-14(23)28)24-16(8-27)31-17/h1-4,9,27H,5-8H2,(H2,23,28)(H,25,26,29). The summed E-state index contributed by atoms with van der Waals surface area (Å²) in [4.78, 5) is 32.8. The topological polar surface area (TPSA) is 118 Å². The molecule has 7 nitrogen and oxygen atoms in total. The Bertz CT molecular complexity index is 1100. The molecule has 0 atom stereocenters. The molecule has 2 heterocycles. The average Bonchev–Trinajstić information content (AvgIpc) is 3.33. The van der Waals surface area contributed by atoms with Crippen LogP contribution in [0.25, 0.3) is 10.6 Å². The van der Waals surface area contributed by atoms with E-state index >= 15 is 0 Å². The van der Waals surface area contributed by atoms with Crippen molar-refractivity contribution in [3.05, 3.63) is 45.9 Å². The third kappa shape index (κ3) is 7.02. The van der Waals surface area contributed by atoms with Crippen LogP contribution in [0.15, 0.2) is 34.5 Å². The molecule has 0 aliphatic heterocycles. The van der Waals surface area contributed by atoms with Crippen LogP contribution in [-0.4, -0.2) is 32.4 Å². The first-order valence-electron chi connectivity index (χ1n) is 9.11. The van der Waals surface area contributed by atoms with E-state index in [1.165, 1.54) is 46.9 Å². The van der Waals surface area contributed by atoms with Gasteiger partial charge in [-0.05, 0) is 35.9 Å². The molecule has 4 N–H and O–H groups in total. The number of aryl methyl sites for hydroxylation is 1. The van der Waals surface area contributed by atoms with E-state index in [1.54, 1.807) is 5.38 Å². The highest BCUT2D eigenvalue weighted by atomic mass is 32.2. The minimum Gasteiger partial charge on any atom is -0.389 e. The van der Waals surface area contributed by atoms with Crippen molar-refractivity contribution in [1.29, 1.82) is 0 Å². The Morgan fingerprint density at radius 1 is 1.19 bits per heavy atom. The lowest BCUT2D eigenvalue weighted by atomic mass is 10.1. The molecule has 0 spiro atoms. The number of nitrogens with zero attached hydrogens (tertiary/aromatic N) is 2. The van der Waals surface area contributed by atoms with Crippen molar-refractivity contribution < 1.29 is 27.9 Å². The van der Waals surface area contributed by atoms with Gasteiger partial charge in [0.1, 0.15) is 5.01 Å². The first kappa shape index (κ1) is 24.2. The van der Waals surface area contributed by atoms with E-state index in [4.69, 9.17) is 5.73 Å². The number of nitrogens with one attached hydrogen (secondary N) is 1. The minimum atomic E-state index is -4.36. The quantitative estimate of drug-likeness (QED) is 0.381. The van der Waals surface area contributed by atoms with E-state index in [2.05, 4.69) is 15.3 Å². The number of aliphatic hydroxyl groups is 1. The van der Waals surface area contributed by atoms with Crippen molar-refractivity contribution in [2.75, 3.05) is 5.32 Å². The molecule has 0 saturated carbocycles. The largest absolute Gasteiger partial charge is 0.446 e. The van der Waals surface area contributed by atoms with Crippen molar-refractivity contribution >= 4 is 51.4 Å². The second-order valence-corrected chi connectivity index (χ2v) is 9.54. The number of benzene rings is 1. The molecule has 0 radical (unpaired) electrons. The summed E-state index contributed by atoms with van der Waals surface area (Å²) in [5, 5.41) is 14.6. The summed E-state index contributed by atoms with van der Waals surface area (Å²) in [5.41, 5.74) is 2.55. The number of thioether (sulfide) groups is 1. The molecule has 13 heteroatoms. The Labute approximate surface area is 192 Å². The third-order valence-corrected chi connectivity index (χ3v) is 6.59. The number of halogens is 3. The van der Waals surface area contributed by atoms with Gasteiger partial charge in [0.05, 0.1) is 29.3 Å². The van der Waals surface area contributed by atoms with E-state index < -0.39 is 11.4 Å². The zero-order chi connectivity index (χ0) is 23.3. The number of aliphatic hydroxyl groups excluding tert-OH is 1. The summed E-state index contributed by atoms with van der Waals surface area (Å²) in [6.07, 6.45) is 0.392. The molecule has 0 bridgehead atoms. The van der Waals surface area contributed by atoms with Crippen molar-refractivity contribution in [3.63, 3.8) is 0 Å². The molecular weight excluding hydrogens is 485 g/mol. The van der Waals surface area contributed by atoms with Gasteiger partial charge in [-0.2, -0.15) is 13.2 Å².